The fraction of sp³-hybridized carbons (Fsp3) is 0.417. The molecule has 0 amide bonds. The molecule has 14 heavy (non-hydrogen) atoms. The van der Waals surface area contributed by atoms with Crippen molar-refractivity contribution in [1.29, 1.82) is 0 Å². The average Bonchev–Trinajstić information content (AvgIpc) is 2.18. The van der Waals surface area contributed by atoms with Crippen LogP contribution in [0.4, 0.5) is 0 Å². The highest BCUT2D eigenvalue weighted by atomic mass is 16.5. The van der Waals surface area contributed by atoms with Crippen LogP contribution in [-0.4, -0.2) is 5.97 Å². The lowest BCUT2D eigenvalue weighted by molar-refractivity contribution is -0.142. The fourth-order valence-corrected chi connectivity index (χ4v) is 0.759. The summed E-state index contributed by atoms with van der Waals surface area (Å²) in [5, 5.41) is 0. The molecule has 0 radical (unpaired) electrons. The molecule has 0 aliphatic carbocycles. The van der Waals surface area contributed by atoms with Crippen LogP contribution >= 0.6 is 0 Å². The molecule has 78 valence electrons. The monoisotopic (exact) mass is 194 g/mol. The van der Waals surface area contributed by atoms with Gasteiger partial charge in [-0.3, -0.25) is 4.79 Å². The Hall–Kier alpha value is -1.31. The third-order valence-corrected chi connectivity index (χ3v) is 1.28. The number of benzene rings is 1. The van der Waals surface area contributed by atoms with Gasteiger partial charge < -0.3 is 4.74 Å². The van der Waals surface area contributed by atoms with Gasteiger partial charge >= 0.3 is 5.97 Å². The van der Waals surface area contributed by atoms with E-state index in [0.29, 0.717) is 6.61 Å². The van der Waals surface area contributed by atoms with E-state index in [4.69, 9.17) is 4.74 Å². The Morgan fingerprint density at radius 1 is 1.21 bits per heavy atom. The highest BCUT2D eigenvalue weighted by molar-refractivity contribution is 5.65. The molecule has 1 rings (SSSR count). The van der Waals surface area contributed by atoms with Gasteiger partial charge in [-0.2, -0.15) is 0 Å². The van der Waals surface area contributed by atoms with Crippen LogP contribution < -0.4 is 0 Å². The molecule has 0 atom stereocenters. The highest BCUT2D eigenvalue weighted by Gasteiger charge is 1.93. The van der Waals surface area contributed by atoms with Crippen molar-refractivity contribution in [3.8, 4) is 0 Å². The summed E-state index contributed by atoms with van der Waals surface area (Å²) >= 11 is 0. The van der Waals surface area contributed by atoms with Crippen LogP contribution in [0.3, 0.4) is 0 Å². The molecule has 2 nitrogen and oxygen atoms in total. The minimum absolute atomic E-state index is 0.242. The van der Waals surface area contributed by atoms with E-state index in [0.717, 1.165) is 5.56 Å². The molecule has 0 fully saturated rings. The molecule has 0 heterocycles. The molecule has 0 aromatic heterocycles. The molecule has 0 N–H and O–H groups in total. The summed E-state index contributed by atoms with van der Waals surface area (Å²) in [5.74, 6) is -0.242. The summed E-state index contributed by atoms with van der Waals surface area (Å²) in [6.07, 6.45) is 1.25. The number of hydrogen-bond acceptors (Lipinski definition) is 2. The zero-order valence-corrected chi connectivity index (χ0v) is 9.12. The van der Waals surface area contributed by atoms with Gasteiger partial charge in [0.05, 0.1) is 0 Å². The largest absolute Gasteiger partial charge is 0.461 e. The SMILES string of the molecule is CC(=O)OCc1ccccc1.CCC. The molecule has 0 unspecified atom stereocenters. The third-order valence-electron chi connectivity index (χ3n) is 1.28. The molecule has 0 bridgehead atoms. The summed E-state index contributed by atoms with van der Waals surface area (Å²) in [6.45, 7) is 6.03. The van der Waals surface area contributed by atoms with Crippen molar-refractivity contribution in [3.05, 3.63) is 35.9 Å². The maximum absolute atomic E-state index is 10.4. The molecule has 0 aliphatic heterocycles. The second kappa shape index (κ2) is 8.30. The molecule has 0 aliphatic rings. The molecule has 0 saturated heterocycles. The van der Waals surface area contributed by atoms with E-state index in [1.54, 1.807) is 0 Å². The molecule has 1 aromatic rings. The Kier molecular flexibility index (Phi) is 7.52. The van der Waals surface area contributed by atoms with E-state index in [-0.39, 0.29) is 5.97 Å². The van der Waals surface area contributed by atoms with Crippen LogP contribution in [0.1, 0.15) is 32.8 Å². The van der Waals surface area contributed by atoms with E-state index < -0.39 is 0 Å². The Bertz CT molecular complexity index is 242. The predicted octanol–water partition coefficient (Wildman–Crippen LogP) is 3.17. The van der Waals surface area contributed by atoms with Gasteiger partial charge in [0.1, 0.15) is 6.61 Å². The van der Waals surface area contributed by atoms with Gasteiger partial charge in [0.2, 0.25) is 0 Å². The Morgan fingerprint density at radius 2 is 1.71 bits per heavy atom. The number of hydrogen-bond donors (Lipinski definition) is 0. The Morgan fingerprint density at radius 3 is 2.14 bits per heavy atom. The quantitative estimate of drug-likeness (QED) is 0.676. The van der Waals surface area contributed by atoms with Crippen LogP contribution in [0, 0.1) is 0 Å². The lowest BCUT2D eigenvalue weighted by atomic mass is 10.2. The number of rotatable bonds is 2. The van der Waals surface area contributed by atoms with Crippen LogP contribution in [0.2, 0.25) is 0 Å². The van der Waals surface area contributed by atoms with Crippen molar-refractivity contribution < 1.29 is 9.53 Å². The van der Waals surface area contributed by atoms with Crippen molar-refractivity contribution in [1.82, 2.24) is 0 Å². The van der Waals surface area contributed by atoms with Gasteiger partial charge in [0, 0.05) is 6.92 Å². The molecule has 0 spiro atoms. The summed E-state index contributed by atoms with van der Waals surface area (Å²) in [4.78, 5) is 10.4. The lowest BCUT2D eigenvalue weighted by Gasteiger charge is -1.99. The number of carbonyl (C=O) groups excluding carboxylic acids is 1. The van der Waals surface area contributed by atoms with E-state index in [9.17, 15) is 4.79 Å². The first kappa shape index (κ1) is 12.7. The second-order valence-corrected chi connectivity index (χ2v) is 2.97. The maximum atomic E-state index is 10.4. The van der Waals surface area contributed by atoms with Gasteiger partial charge in [0.15, 0.2) is 0 Å². The number of carbonyl (C=O) groups is 1. The molecule has 2 heteroatoms. The average molecular weight is 194 g/mol. The number of esters is 1. The first-order valence-corrected chi connectivity index (χ1v) is 4.88. The van der Waals surface area contributed by atoms with Gasteiger partial charge in [-0.15, -0.1) is 0 Å². The van der Waals surface area contributed by atoms with Crippen molar-refractivity contribution in [2.75, 3.05) is 0 Å². The van der Waals surface area contributed by atoms with E-state index in [1.165, 1.54) is 13.3 Å². The summed E-state index contributed by atoms with van der Waals surface area (Å²) in [5.41, 5.74) is 1.02. The zero-order valence-electron chi connectivity index (χ0n) is 9.12. The minimum Gasteiger partial charge on any atom is -0.461 e. The van der Waals surface area contributed by atoms with Crippen molar-refractivity contribution >= 4 is 5.97 Å². The zero-order chi connectivity index (χ0) is 10.8. The molecule has 1 aromatic carbocycles. The standard InChI is InChI=1S/C9H10O2.C3H8/c1-8(10)11-7-9-5-3-2-4-6-9;1-3-2/h2-6H,7H2,1H3;3H2,1-2H3. The van der Waals surface area contributed by atoms with Crippen molar-refractivity contribution in [2.24, 2.45) is 0 Å². The summed E-state index contributed by atoms with van der Waals surface area (Å²) in [7, 11) is 0. The molecular weight excluding hydrogens is 176 g/mol. The van der Waals surface area contributed by atoms with Gasteiger partial charge in [0.25, 0.3) is 0 Å². The van der Waals surface area contributed by atoms with Crippen LogP contribution in [0.5, 0.6) is 0 Å². The Labute approximate surface area is 85.9 Å². The van der Waals surface area contributed by atoms with Gasteiger partial charge in [-0.05, 0) is 5.56 Å². The van der Waals surface area contributed by atoms with E-state index in [1.807, 2.05) is 30.3 Å². The first-order valence-electron chi connectivity index (χ1n) is 4.88. The van der Waals surface area contributed by atoms with E-state index >= 15 is 0 Å². The van der Waals surface area contributed by atoms with Crippen molar-refractivity contribution in [3.63, 3.8) is 0 Å². The fourth-order valence-electron chi connectivity index (χ4n) is 0.759. The third kappa shape index (κ3) is 7.35. The first-order chi connectivity index (χ1) is 6.70. The van der Waals surface area contributed by atoms with E-state index in [2.05, 4.69) is 13.8 Å². The topological polar surface area (TPSA) is 26.3 Å². The van der Waals surface area contributed by atoms with Gasteiger partial charge in [-0.25, -0.2) is 0 Å². The normalized spacial score (nSPS) is 8.50. The minimum atomic E-state index is -0.242. The predicted molar refractivity (Wildman–Crippen MR) is 57.9 cm³/mol. The van der Waals surface area contributed by atoms with Crippen LogP contribution in [0.15, 0.2) is 30.3 Å². The van der Waals surface area contributed by atoms with Gasteiger partial charge in [-0.1, -0.05) is 50.6 Å². The smallest absolute Gasteiger partial charge is 0.302 e. The molecular formula is C12H18O2. The maximum Gasteiger partial charge on any atom is 0.302 e. The summed E-state index contributed by atoms with van der Waals surface area (Å²) < 4.78 is 4.79. The highest BCUT2D eigenvalue weighted by Crippen LogP contribution is 1.99. The molecule has 0 saturated carbocycles. The van der Waals surface area contributed by atoms with Crippen LogP contribution in [0.25, 0.3) is 0 Å². The lowest BCUT2D eigenvalue weighted by Crippen LogP contribution is -1.97. The second-order valence-electron chi connectivity index (χ2n) is 2.97. The number of ether oxygens (including phenoxy) is 1. The Balaban J connectivity index is 0.000000500. The van der Waals surface area contributed by atoms with Crippen molar-refractivity contribution in [2.45, 2.75) is 33.8 Å². The summed E-state index contributed by atoms with van der Waals surface area (Å²) in [6, 6.07) is 9.60. The van der Waals surface area contributed by atoms with Crippen LogP contribution in [-0.2, 0) is 16.1 Å².